The van der Waals surface area contributed by atoms with Crippen LogP contribution in [0, 0.1) is 0 Å². The van der Waals surface area contributed by atoms with Gasteiger partial charge in [-0.15, -0.1) is 0 Å². The van der Waals surface area contributed by atoms with Crippen molar-refractivity contribution in [2.75, 3.05) is 32.1 Å². The first kappa shape index (κ1) is 15.7. The third-order valence-corrected chi connectivity index (χ3v) is 4.75. The van der Waals surface area contributed by atoms with E-state index in [-0.39, 0.29) is 11.7 Å². The van der Waals surface area contributed by atoms with E-state index in [0.717, 1.165) is 0 Å². The predicted octanol–water partition coefficient (Wildman–Crippen LogP) is 0.420. The molecule has 114 valence electrons. The lowest BCUT2D eigenvalue weighted by Crippen LogP contribution is -2.43. The second kappa shape index (κ2) is 7.33. The van der Waals surface area contributed by atoms with E-state index in [1.807, 2.05) is 0 Å². The molecule has 1 aromatic carbocycles. The standard InChI is InChI=1S/C14H17NO5S/c16-12(15-6-8-20-9-7-15)10-21(19)13(14(17)18)11-4-2-1-3-5-11/h1-5,13H,6-10H2,(H,17,18). The van der Waals surface area contributed by atoms with Crippen LogP contribution in [-0.4, -0.2) is 58.1 Å². The lowest BCUT2D eigenvalue weighted by atomic mass is 10.1. The Morgan fingerprint density at radius 3 is 2.43 bits per heavy atom. The number of nitrogens with zero attached hydrogens (tertiary/aromatic N) is 1. The Kier molecular flexibility index (Phi) is 5.46. The van der Waals surface area contributed by atoms with Gasteiger partial charge in [0.05, 0.1) is 13.2 Å². The number of carbonyl (C=O) groups is 2. The number of carbonyl (C=O) groups excluding carboxylic acids is 1. The minimum atomic E-state index is -1.80. The lowest BCUT2D eigenvalue weighted by molar-refractivity contribution is -0.136. The van der Waals surface area contributed by atoms with Gasteiger partial charge in [0, 0.05) is 23.9 Å². The molecule has 0 aliphatic carbocycles. The molecule has 1 N–H and O–H groups in total. The molecule has 0 bridgehead atoms. The van der Waals surface area contributed by atoms with Crippen LogP contribution in [0.3, 0.4) is 0 Å². The van der Waals surface area contributed by atoms with Gasteiger partial charge in [-0.25, -0.2) is 0 Å². The fraction of sp³-hybridized carbons (Fsp3) is 0.429. The molecule has 0 saturated carbocycles. The van der Waals surface area contributed by atoms with Crippen LogP contribution >= 0.6 is 0 Å². The van der Waals surface area contributed by atoms with Crippen LogP contribution in [0.25, 0.3) is 0 Å². The summed E-state index contributed by atoms with van der Waals surface area (Å²) in [5.74, 6) is -1.76. The van der Waals surface area contributed by atoms with E-state index in [1.165, 1.54) is 0 Å². The normalized spacial score (nSPS) is 18.0. The number of carboxylic acids is 1. The van der Waals surface area contributed by atoms with Crippen molar-refractivity contribution in [1.29, 1.82) is 0 Å². The van der Waals surface area contributed by atoms with Crippen molar-refractivity contribution >= 4 is 22.7 Å². The van der Waals surface area contributed by atoms with Crippen LogP contribution < -0.4 is 0 Å². The summed E-state index contributed by atoms with van der Waals surface area (Å²) in [6.45, 7) is 1.83. The zero-order valence-electron chi connectivity index (χ0n) is 11.4. The third-order valence-electron chi connectivity index (χ3n) is 3.22. The van der Waals surface area contributed by atoms with Crippen molar-refractivity contribution in [3.63, 3.8) is 0 Å². The fourth-order valence-electron chi connectivity index (χ4n) is 2.14. The summed E-state index contributed by atoms with van der Waals surface area (Å²) < 4.78 is 17.4. The molecule has 0 spiro atoms. The van der Waals surface area contributed by atoms with Gasteiger partial charge in [-0.2, -0.15) is 0 Å². The largest absolute Gasteiger partial charge is 0.480 e. The number of aliphatic carboxylic acids is 1. The number of ether oxygens (including phenoxy) is 1. The Hall–Kier alpha value is -1.73. The van der Waals surface area contributed by atoms with Gasteiger partial charge >= 0.3 is 5.97 Å². The summed E-state index contributed by atoms with van der Waals surface area (Å²) >= 11 is 0. The van der Waals surface area contributed by atoms with Crippen molar-refractivity contribution in [2.45, 2.75) is 5.25 Å². The molecule has 6 nitrogen and oxygen atoms in total. The molecule has 2 atom stereocenters. The maximum absolute atomic E-state index is 12.3. The lowest BCUT2D eigenvalue weighted by Gasteiger charge is -2.27. The Morgan fingerprint density at radius 2 is 1.86 bits per heavy atom. The van der Waals surface area contributed by atoms with Gasteiger partial charge in [0.15, 0.2) is 5.25 Å². The Labute approximate surface area is 125 Å². The van der Waals surface area contributed by atoms with Crippen molar-refractivity contribution in [2.24, 2.45) is 0 Å². The van der Waals surface area contributed by atoms with Gasteiger partial charge in [0.2, 0.25) is 5.91 Å². The SMILES string of the molecule is O=C(O)C(c1ccccc1)S(=O)CC(=O)N1CCOCC1. The Morgan fingerprint density at radius 1 is 1.24 bits per heavy atom. The number of benzene rings is 1. The number of hydrogen-bond acceptors (Lipinski definition) is 4. The van der Waals surface area contributed by atoms with Crippen LogP contribution in [0.5, 0.6) is 0 Å². The zero-order chi connectivity index (χ0) is 15.2. The number of amides is 1. The maximum Gasteiger partial charge on any atom is 0.323 e. The van der Waals surface area contributed by atoms with Gasteiger partial charge in [-0.05, 0) is 5.56 Å². The van der Waals surface area contributed by atoms with Gasteiger partial charge in [-0.1, -0.05) is 30.3 Å². The van der Waals surface area contributed by atoms with Crippen LogP contribution in [-0.2, 0) is 25.1 Å². The molecule has 1 saturated heterocycles. The topological polar surface area (TPSA) is 83.9 Å². The minimum absolute atomic E-state index is 0.286. The number of hydrogen-bond donors (Lipinski definition) is 1. The smallest absolute Gasteiger partial charge is 0.323 e. The summed E-state index contributed by atoms with van der Waals surface area (Å²) in [5, 5.41) is 8.10. The van der Waals surface area contributed by atoms with Crippen LogP contribution in [0.1, 0.15) is 10.8 Å². The third kappa shape index (κ3) is 4.12. The summed E-state index contributed by atoms with van der Waals surface area (Å²) in [6.07, 6.45) is 0. The van der Waals surface area contributed by atoms with E-state index in [0.29, 0.717) is 31.9 Å². The second-order valence-corrected chi connectivity index (χ2v) is 6.17. The molecular formula is C14H17NO5S. The average Bonchev–Trinajstić information content (AvgIpc) is 2.49. The van der Waals surface area contributed by atoms with Gasteiger partial charge in [0.1, 0.15) is 5.75 Å². The highest BCUT2D eigenvalue weighted by Crippen LogP contribution is 2.20. The van der Waals surface area contributed by atoms with E-state index in [1.54, 1.807) is 35.2 Å². The quantitative estimate of drug-likeness (QED) is 0.852. The molecule has 1 aromatic rings. The second-order valence-electron chi connectivity index (χ2n) is 4.65. The van der Waals surface area contributed by atoms with E-state index in [9.17, 15) is 18.9 Å². The maximum atomic E-state index is 12.3. The highest BCUT2D eigenvalue weighted by atomic mass is 32.2. The molecule has 2 rings (SSSR count). The molecule has 2 unspecified atom stereocenters. The van der Waals surface area contributed by atoms with E-state index in [2.05, 4.69) is 0 Å². The van der Waals surface area contributed by atoms with E-state index >= 15 is 0 Å². The molecule has 1 aliphatic rings. The molecule has 1 fully saturated rings. The van der Waals surface area contributed by atoms with Crippen LogP contribution in [0.15, 0.2) is 30.3 Å². The fourth-order valence-corrected chi connectivity index (χ4v) is 3.42. The van der Waals surface area contributed by atoms with Crippen molar-refractivity contribution in [3.05, 3.63) is 35.9 Å². The molecule has 1 aliphatic heterocycles. The number of carboxylic acid groups (broad SMARTS) is 1. The molecule has 21 heavy (non-hydrogen) atoms. The van der Waals surface area contributed by atoms with E-state index < -0.39 is 22.0 Å². The molecule has 1 heterocycles. The van der Waals surface area contributed by atoms with Gasteiger partial charge in [0.25, 0.3) is 0 Å². The average molecular weight is 311 g/mol. The van der Waals surface area contributed by atoms with Gasteiger partial charge < -0.3 is 14.7 Å². The molecule has 0 radical (unpaired) electrons. The number of rotatable bonds is 5. The Bertz CT molecular complexity index is 527. The zero-order valence-corrected chi connectivity index (χ0v) is 12.3. The first-order valence-electron chi connectivity index (χ1n) is 6.60. The molecule has 7 heteroatoms. The molecular weight excluding hydrogens is 294 g/mol. The summed E-state index contributed by atoms with van der Waals surface area (Å²) in [5.41, 5.74) is 0.443. The molecule has 1 amide bonds. The van der Waals surface area contributed by atoms with Gasteiger partial charge in [-0.3, -0.25) is 13.8 Å². The van der Waals surface area contributed by atoms with E-state index in [4.69, 9.17) is 4.74 Å². The minimum Gasteiger partial charge on any atom is -0.480 e. The summed E-state index contributed by atoms with van der Waals surface area (Å²) in [6, 6.07) is 8.34. The highest BCUT2D eigenvalue weighted by Gasteiger charge is 2.29. The first-order chi connectivity index (χ1) is 10.1. The van der Waals surface area contributed by atoms with Crippen LogP contribution in [0.2, 0.25) is 0 Å². The molecule has 0 aromatic heterocycles. The first-order valence-corrected chi connectivity index (χ1v) is 7.98. The van der Waals surface area contributed by atoms with Crippen LogP contribution in [0.4, 0.5) is 0 Å². The van der Waals surface area contributed by atoms with Crippen molar-refractivity contribution < 1.29 is 23.6 Å². The highest BCUT2D eigenvalue weighted by molar-refractivity contribution is 7.86. The predicted molar refractivity (Wildman–Crippen MR) is 77.2 cm³/mol. The van der Waals surface area contributed by atoms with Crippen molar-refractivity contribution in [3.8, 4) is 0 Å². The van der Waals surface area contributed by atoms with Crippen molar-refractivity contribution in [1.82, 2.24) is 4.90 Å². The summed E-state index contributed by atoms with van der Waals surface area (Å²) in [4.78, 5) is 25.0. The summed E-state index contributed by atoms with van der Waals surface area (Å²) in [7, 11) is -1.80. The monoisotopic (exact) mass is 311 g/mol. The Balaban J connectivity index is 2.05. The number of morpholine rings is 1.